The zero-order valence-corrected chi connectivity index (χ0v) is 16.2. The highest BCUT2D eigenvalue weighted by molar-refractivity contribution is 5.66. The molecule has 27 heavy (non-hydrogen) atoms. The molecule has 1 N–H and O–H groups in total. The Morgan fingerprint density at radius 3 is 2.59 bits per heavy atom. The number of aromatic nitrogens is 3. The van der Waals surface area contributed by atoms with Crippen molar-refractivity contribution < 1.29 is 0 Å². The number of likely N-dealkylation sites (N-methyl/N-ethyl adjacent to an activating group) is 1. The van der Waals surface area contributed by atoms with Crippen LogP contribution >= 0.6 is 0 Å². The molecule has 0 radical (unpaired) electrons. The number of rotatable bonds is 6. The summed E-state index contributed by atoms with van der Waals surface area (Å²) in [6.45, 7) is 8.77. The smallest absolute Gasteiger partial charge is 0.158 e. The molecule has 142 valence electrons. The maximum atomic E-state index is 4.78. The van der Waals surface area contributed by atoms with Crippen LogP contribution in [0.4, 0.5) is 5.82 Å². The number of piperazine rings is 1. The number of hydrogen-bond acceptors (Lipinski definition) is 5. The van der Waals surface area contributed by atoms with E-state index in [9.17, 15) is 0 Å². The topological polar surface area (TPSA) is 48.7 Å². The summed E-state index contributed by atoms with van der Waals surface area (Å²) < 4.78 is 1.91. The largest absolute Gasteiger partial charge is 0.370 e. The average molecular weight is 364 g/mol. The first-order valence-corrected chi connectivity index (χ1v) is 9.77. The molecule has 0 amide bonds. The third-order valence-electron chi connectivity index (χ3n) is 5.17. The normalized spacial score (nSPS) is 16.1. The number of fused-ring (bicyclic) bond motifs is 1. The van der Waals surface area contributed by atoms with E-state index in [1.165, 1.54) is 26.2 Å². The molecule has 6 nitrogen and oxygen atoms in total. The Balaban J connectivity index is 1.45. The number of hydrogen-bond donors (Lipinski definition) is 1. The van der Waals surface area contributed by atoms with Crippen molar-refractivity contribution in [1.29, 1.82) is 0 Å². The summed E-state index contributed by atoms with van der Waals surface area (Å²) in [6.07, 6.45) is 1.12. The zero-order chi connectivity index (χ0) is 18.6. The first-order valence-electron chi connectivity index (χ1n) is 9.77. The molecule has 0 saturated carbocycles. The van der Waals surface area contributed by atoms with Gasteiger partial charge in [-0.05, 0) is 26.9 Å². The van der Waals surface area contributed by atoms with Crippen molar-refractivity contribution in [2.45, 2.75) is 13.3 Å². The van der Waals surface area contributed by atoms with Crippen LogP contribution in [0.5, 0.6) is 0 Å². The quantitative estimate of drug-likeness (QED) is 0.682. The lowest BCUT2D eigenvalue weighted by Gasteiger charge is -2.32. The fourth-order valence-electron chi connectivity index (χ4n) is 3.56. The lowest BCUT2D eigenvalue weighted by molar-refractivity contribution is 0.154. The Hall–Kier alpha value is -2.44. The van der Waals surface area contributed by atoms with Crippen molar-refractivity contribution in [3.8, 4) is 11.3 Å². The molecular formula is C21H28N6. The number of aryl methyl sites for hydroxylation is 1. The Labute approximate surface area is 160 Å². The molecule has 1 aromatic carbocycles. The standard InChI is InChI=1S/C21H28N6/c1-17-15-21-23-19(18-7-4-3-5-8-18)16-20(27(21)24-17)22-9-6-10-26-13-11-25(2)12-14-26/h3-5,7-8,15-16,22H,6,9-14H2,1-2H3. The molecule has 1 saturated heterocycles. The summed E-state index contributed by atoms with van der Waals surface area (Å²) >= 11 is 0. The fraction of sp³-hybridized carbons (Fsp3) is 0.429. The van der Waals surface area contributed by atoms with E-state index < -0.39 is 0 Å². The molecule has 3 aromatic rings. The van der Waals surface area contributed by atoms with Crippen molar-refractivity contribution in [2.75, 3.05) is 51.6 Å². The van der Waals surface area contributed by atoms with E-state index in [1.807, 2.05) is 35.7 Å². The molecule has 0 atom stereocenters. The number of nitrogens with one attached hydrogen (secondary N) is 1. The van der Waals surface area contributed by atoms with E-state index in [0.29, 0.717) is 0 Å². The lowest BCUT2D eigenvalue weighted by Crippen LogP contribution is -2.44. The van der Waals surface area contributed by atoms with Crippen molar-refractivity contribution in [3.63, 3.8) is 0 Å². The highest BCUT2D eigenvalue weighted by atomic mass is 15.3. The van der Waals surface area contributed by atoms with E-state index in [4.69, 9.17) is 4.98 Å². The SMILES string of the molecule is Cc1cc2nc(-c3ccccc3)cc(NCCCN3CCN(C)CC3)n2n1. The van der Waals surface area contributed by atoms with Crippen LogP contribution in [0.2, 0.25) is 0 Å². The first kappa shape index (κ1) is 17.9. The van der Waals surface area contributed by atoms with Crippen LogP contribution in [0, 0.1) is 6.92 Å². The van der Waals surface area contributed by atoms with Crippen LogP contribution in [-0.2, 0) is 0 Å². The molecule has 3 heterocycles. The molecule has 0 bridgehead atoms. The highest BCUT2D eigenvalue weighted by Gasteiger charge is 2.13. The molecule has 0 unspecified atom stereocenters. The summed E-state index contributed by atoms with van der Waals surface area (Å²) in [5, 5.41) is 8.18. The zero-order valence-electron chi connectivity index (χ0n) is 16.2. The molecule has 1 aliphatic heterocycles. The van der Waals surface area contributed by atoms with E-state index in [-0.39, 0.29) is 0 Å². The van der Waals surface area contributed by atoms with Gasteiger partial charge in [0.05, 0.1) is 11.4 Å². The van der Waals surface area contributed by atoms with Gasteiger partial charge in [-0.25, -0.2) is 4.98 Å². The van der Waals surface area contributed by atoms with Gasteiger partial charge in [-0.15, -0.1) is 0 Å². The Morgan fingerprint density at radius 2 is 1.81 bits per heavy atom. The van der Waals surface area contributed by atoms with Gasteiger partial charge in [0.25, 0.3) is 0 Å². The Kier molecular flexibility index (Phi) is 5.36. The maximum absolute atomic E-state index is 4.78. The summed E-state index contributed by atoms with van der Waals surface area (Å²) in [5.74, 6) is 1.00. The average Bonchev–Trinajstić information content (AvgIpc) is 3.07. The summed E-state index contributed by atoms with van der Waals surface area (Å²) in [7, 11) is 2.20. The monoisotopic (exact) mass is 364 g/mol. The lowest BCUT2D eigenvalue weighted by atomic mass is 10.1. The van der Waals surface area contributed by atoms with Gasteiger partial charge < -0.3 is 15.1 Å². The van der Waals surface area contributed by atoms with Gasteiger partial charge in [-0.1, -0.05) is 30.3 Å². The second-order valence-corrected chi connectivity index (χ2v) is 7.37. The van der Waals surface area contributed by atoms with Crippen LogP contribution in [0.3, 0.4) is 0 Å². The van der Waals surface area contributed by atoms with E-state index in [2.05, 4.69) is 45.5 Å². The van der Waals surface area contributed by atoms with Crippen molar-refractivity contribution in [3.05, 3.63) is 48.2 Å². The molecule has 1 aliphatic rings. The van der Waals surface area contributed by atoms with E-state index in [0.717, 1.165) is 47.9 Å². The molecule has 4 rings (SSSR count). The molecule has 0 spiro atoms. The predicted octanol–water partition coefficient (Wildman–Crippen LogP) is 2.75. The van der Waals surface area contributed by atoms with E-state index >= 15 is 0 Å². The second kappa shape index (κ2) is 8.06. The van der Waals surface area contributed by atoms with Crippen molar-refractivity contribution >= 4 is 11.5 Å². The molecule has 1 fully saturated rings. The van der Waals surface area contributed by atoms with Gasteiger partial charge in [0.1, 0.15) is 5.82 Å². The van der Waals surface area contributed by atoms with Crippen LogP contribution in [0.25, 0.3) is 16.9 Å². The number of benzene rings is 1. The molecular weight excluding hydrogens is 336 g/mol. The Morgan fingerprint density at radius 1 is 1.04 bits per heavy atom. The maximum Gasteiger partial charge on any atom is 0.158 e. The van der Waals surface area contributed by atoms with Gasteiger partial charge in [0.2, 0.25) is 0 Å². The van der Waals surface area contributed by atoms with Crippen LogP contribution in [-0.4, -0.2) is 70.7 Å². The minimum atomic E-state index is 0.885. The highest BCUT2D eigenvalue weighted by Crippen LogP contribution is 2.22. The third-order valence-corrected chi connectivity index (χ3v) is 5.17. The fourth-order valence-corrected chi connectivity index (χ4v) is 3.56. The summed E-state index contributed by atoms with van der Waals surface area (Å²) in [4.78, 5) is 9.73. The van der Waals surface area contributed by atoms with Gasteiger partial charge in [0.15, 0.2) is 5.65 Å². The van der Waals surface area contributed by atoms with Crippen molar-refractivity contribution in [2.24, 2.45) is 0 Å². The molecule has 0 aliphatic carbocycles. The minimum Gasteiger partial charge on any atom is -0.370 e. The number of nitrogens with zero attached hydrogens (tertiary/aromatic N) is 5. The summed E-state index contributed by atoms with van der Waals surface area (Å²) in [6, 6.07) is 14.4. The van der Waals surface area contributed by atoms with Crippen LogP contribution in [0.15, 0.2) is 42.5 Å². The third kappa shape index (κ3) is 4.28. The van der Waals surface area contributed by atoms with Crippen LogP contribution in [0.1, 0.15) is 12.1 Å². The van der Waals surface area contributed by atoms with E-state index in [1.54, 1.807) is 0 Å². The predicted molar refractivity (Wildman–Crippen MR) is 110 cm³/mol. The minimum absolute atomic E-state index is 0.885. The molecule has 2 aromatic heterocycles. The van der Waals surface area contributed by atoms with Crippen LogP contribution < -0.4 is 5.32 Å². The van der Waals surface area contributed by atoms with Gasteiger partial charge in [-0.3, -0.25) is 0 Å². The Bertz CT molecular complexity index is 880. The molecule has 6 heteroatoms. The summed E-state index contributed by atoms with van der Waals surface area (Å²) in [5.41, 5.74) is 3.97. The van der Waals surface area contributed by atoms with Crippen molar-refractivity contribution in [1.82, 2.24) is 24.4 Å². The van der Waals surface area contributed by atoms with Gasteiger partial charge in [-0.2, -0.15) is 9.61 Å². The van der Waals surface area contributed by atoms with Gasteiger partial charge >= 0.3 is 0 Å². The van der Waals surface area contributed by atoms with Gasteiger partial charge in [0, 0.05) is 50.4 Å². The second-order valence-electron chi connectivity index (χ2n) is 7.37. The number of anilines is 1. The first-order chi connectivity index (χ1) is 13.2.